The van der Waals surface area contributed by atoms with Crippen LogP contribution in [0.3, 0.4) is 0 Å². The maximum Gasteiger partial charge on any atom is 0.255 e. The summed E-state index contributed by atoms with van der Waals surface area (Å²) in [5.74, 6) is 0.828. The second-order valence-electron chi connectivity index (χ2n) is 5.45. The van der Waals surface area contributed by atoms with E-state index in [0.717, 1.165) is 5.82 Å². The molecule has 0 saturated carbocycles. The first kappa shape index (κ1) is 19.0. The van der Waals surface area contributed by atoms with Gasteiger partial charge in [0, 0.05) is 25.6 Å². The Morgan fingerprint density at radius 2 is 2.26 bits per heavy atom. The number of ether oxygens (including phenoxy) is 1. The smallest absolute Gasteiger partial charge is 0.255 e. The highest BCUT2D eigenvalue weighted by molar-refractivity contribution is 7.71. The van der Waals surface area contributed by atoms with Gasteiger partial charge in [-0.25, -0.2) is 0 Å². The van der Waals surface area contributed by atoms with Crippen LogP contribution in [0.25, 0.3) is 5.69 Å². The maximum absolute atomic E-state index is 12.6. The van der Waals surface area contributed by atoms with Gasteiger partial charge in [0.1, 0.15) is 17.9 Å². The molecule has 3 rings (SSSR count). The summed E-state index contributed by atoms with van der Waals surface area (Å²) in [6.07, 6.45) is 1.94. The average Bonchev–Trinajstić information content (AvgIpc) is 3.31. The number of rotatable bonds is 7. The number of amides is 1. The van der Waals surface area contributed by atoms with E-state index < -0.39 is 0 Å². The number of aromatic nitrogens is 7. The highest BCUT2D eigenvalue weighted by Gasteiger charge is 2.17. The van der Waals surface area contributed by atoms with Crippen LogP contribution in [0.5, 0.6) is 5.75 Å². The summed E-state index contributed by atoms with van der Waals surface area (Å²) in [7, 11) is 1.47. The predicted octanol–water partition coefficient (Wildman–Crippen LogP) is 1.57. The van der Waals surface area contributed by atoms with Crippen LogP contribution in [0.15, 0.2) is 18.5 Å². The van der Waals surface area contributed by atoms with E-state index in [0.29, 0.717) is 46.3 Å². The van der Waals surface area contributed by atoms with Crippen molar-refractivity contribution < 1.29 is 9.53 Å². The first-order valence-electron chi connectivity index (χ1n) is 8.08. The molecule has 0 saturated heterocycles. The predicted molar refractivity (Wildman–Crippen MR) is 99.8 cm³/mol. The number of nitrogens with one attached hydrogen (secondary N) is 2. The van der Waals surface area contributed by atoms with Crippen molar-refractivity contribution >= 4 is 29.7 Å². The first-order valence-corrected chi connectivity index (χ1v) is 8.87. The Bertz CT molecular complexity index is 998. The van der Waals surface area contributed by atoms with Gasteiger partial charge in [0.15, 0.2) is 4.77 Å². The number of H-pyrrole nitrogens is 1. The average molecular weight is 409 g/mol. The van der Waals surface area contributed by atoms with E-state index in [-0.39, 0.29) is 5.91 Å². The molecule has 3 aromatic rings. The molecule has 0 bridgehead atoms. The standard InChI is InChI=1S/C15H17ClN8O2S/c1-3-23-13(19-20-15(23)27)4-5-17-14(25)9-6-10(16)11(7-12(9)26-2)24-8-18-21-22-24/h6-8H,3-5H2,1-2H3,(H,17,25)(H,20,27). The lowest BCUT2D eigenvalue weighted by molar-refractivity contribution is 0.0951. The van der Waals surface area contributed by atoms with Gasteiger partial charge >= 0.3 is 0 Å². The van der Waals surface area contributed by atoms with Crippen LogP contribution in [-0.4, -0.2) is 54.5 Å². The molecule has 0 aliphatic rings. The number of benzene rings is 1. The minimum absolute atomic E-state index is 0.311. The summed E-state index contributed by atoms with van der Waals surface area (Å²) >= 11 is 11.4. The zero-order valence-corrected chi connectivity index (χ0v) is 16.2. The molecule has 0 unspecified atom stereocenters. The number of nitrogens with zero attached hydrogens (tertiary/aromatic N) is 6. The van der Waals surface area contributed by atoms with Crippen molar-refractivity contribution in [1.82, 2.24) is 40.3 Å². The Labute approximate surface area is 164 Å². The van der Waals surface area contributed by atoms with Gasteiger partial charge in [-0.1, -0.05) is 11.6 Å². The third-order valence-electron chi connectivity index (χ3n) is 3.90. The highest BCUT2D eigenvalue weighted by atomic mass is 35.5. The van der Waals surface area contributed by atoms with Crippen molar-refractivity contribution in [1.29, 1.82) is 0 Å². The van der Waals surface area contributed by atoms with Crippen LogP contribution in [0.2, 0.25) is 5.02 Å². The summed E-state index contributed by atoms with van der Waals surface area (Å²) in [6, 6.07) is 3.13. The van der Waals surface area contributed by atoms with Crippen molar-refractivity contribution in [3.8, 4) is 11.4 Å². The molecule has 0 spiro atoms. The van der Waals surface area contributed by atoms with Crippen molar-refractivity contribution in [2.24, 2.45) is 0 Å². The number of halogens is 1. The van der Waals surface area contributed by atoms with E-state index >= 15 is 0 Å². The van der Waals surface area contributed by atoms with E-state index in [1.54, 1.807) is 6.07 Å². The van der Waals surface area contributed by atoms with Gasteiger partial charge in [-0.15, -0.1) is 5.10 Å². The van der Waals surface area contributed by atoms with E-state index in [2.05, 4.69) is 31.0 Å². The first-order chi connectivity index (χ1) is 13.0. The molecule has 1 amide bonds. The lowest BCUT2D eigenvalue weighted by Crippen LogP contribution is -2.27. The Morgan fingerprint density at radius 1 is 1.44 bits per heavy atom. The molecular formula is C15H17ClN8O2S. The summed E-state index contributed by atoms with van der Waals surface area (Å²) in [5.41, 5.74) is 0.822. The van der Waals surface area contributed by atoms with Crippen molar-refractivity contribution in [2.75, 3.05) is 13.7 Å². The normalized spacial score (nSPS) is 10.8. The monoisotopic (exact) mass is 408 g/mol. The fourth-order valence-corrected chi connectivity index (χ4v) is 3.12. The van der Waals surface area contributed by atoms with Crippen LogP contribution in [0.1, 0.15) is 23.1 Å². The zero-order chi connectivity index (χ0) is 19.4. The molecule has 12 heteroatoms. The van der Waals surface area contributed by atoms with E-state index in [9.17, 15) is 4.79 Å². The van der Waals surface area contributed by atoms with Crippen LogP contribution in [0.4, 0.5) is 0 Å². The van der Waals surface area contributed by atoms with Crippen LogP contribution >= 0.6 is 23.8 Å². The number of methoxy groups -OCH3 is 1. The number of hydrogen-bond donors (Lipinski definition) is 2. The molecule has 0 fully saturated rings. The molecule has 2 N–H and O–H groups in total. The number of tetrazole rings is 1. The Balaban J connectivity index is 1.74. The number of carbonyl (C=O) groups is 1. The topological polar surface area (TPSA) is 116 Å². The highest BCUT2D eigenvalue weighted by Crippen LogP contribution is 2.29. The minimum atomic E-state index is -0.311. The summed E-state index contributed by atoms with van der Waals surface area (Å²) in [4.78, 5) is 12.6. The molecule has 142 valence electrons. The molecule has 0 aliphatic heterocycles. The summed E-state index contributed by atoms with van der Waals surface area (Å²) < 4.78 is 9.15. The quantitative estimate of drug-likeness (QED) is 0.570. The number of aromatic amines is 1. The lowest BCUT2D eigenvalue weighted by Gasteiger charge is -2.12. The summed E-state index contributed by atoms with van der Waals surface area (Å²) in [6.45, 7) is 3.07. The van der Waals surface area contributed by atoms with Gasteiger partial charge in [-0.05, 0) is 35.6 Å². The lowest BCUT2D eigenvalue weighted by atomic mass is 10.1. The summed E-state index contributed by atoms with van der Waals surface area (Å²) in [5, 5.41) is 21.0. The molecular weight excluding hydrogens is 392 g/mol. The minimum Gasteiger partial charge on any atom is -0.496 e. The molecule has 27 heavy (non-hydrogen) atoms. The van der Waals surface area contributed by atoms with Gasteiger partial charge < -0.3 is 14.6 Å². The number of carbonyl (C=O) groups excluding carboxylic acids is 1. The van der Waals surface area contributed by atoms with Crippen molar-refractivity contribution in [2.45, 2.75) is 19.9 Å². The van der Waals surface area contributed by atoms with E-state index in [1.165, 1.54) is 24.2 Å². The molecule has 0 atom stereocenters. The van der Waals surface area contributed by atoms with Gasteiger partial charge in [0.05, 0.1) is 23.4 Å². The van der Waals surface area contributed by atoms with Crippen LogP contribution in [0, 0.1) is 4.77 Å². The molecule has 1 aromatic carbocycles. The van der Waals surface area contributed by atoms with Crippen molar-refractivity contribution in [3.05, 3.63) is 39.6 Å². The second kappa shape index (κ2) is 8.27. The van der Waals surface area contributed by atoms with Gasteiger partial charge in [0.25, 0.3) is 5.91 Å². The molecule has 2 heterocycles. The van der Waals surface area contributed by atoms with E-state index in [4.69, 9.17) is 28.6 Å². The zero-order valence-electron chi connectivity index (χ0n) is 14.6. The Kier molecular flexibility index (Phi) is 5.81. The molecule has 0 radical (unpaired) electrons. The SMILES string of the molecule is CCn1c(CCNC(=O)c2cc(Cl)c(-n3cnnn3)cc2OC)n[nH]c1=S. The van der Waals surface area contributed by atoms with Crippen LogP contribution < -0.4 is 10.1 Å². The largest absolute Gasteiger partial charge is 0.496 e. The molecule has 10 nitrogen and oxygen atoms in total. The van der Waals surface area contributed by atoms with Crippen LogP contribution in [-0.2, 0) is 13.0 Å². The van der Waals surface area contributed by atoms with E-state index in [1.807, 2.05) is 11.5 Å². The fraction of sp³-hybridized carbons (Fsp3) is 0.333. The maximum atomic E-state index is 12.6. The third kappa shape index (κ3) is 3.98. The Hall–Kier alpha value is -2.79. The van der Waals surface area contributed by atoms with Gasteiger partial charge in [0.2, 0.25) is 0 Å². The Morgan fingerprint density at radius 3 is 2.93 bits per heavy atom. The fourth-order valence-electron chi connectivity index (χ4n) is 2.59. The second-order valence-corrected chi connectivity index (χ2v) is 6.25. The van der Waals surface area contributed by atoms with Gasteiger partial charge in [-0.3, -0.25) is 9.89 Å². The number of hydrogen-bond acceptors (Lipinski definition) is 7. The molecule has 2 aromatic heterocycles. The third-order valence-corrected chi connectivity index (χ3v) is 4.51. The molecule has 0 aliphatic carbocycles. The van der Waals surface area contributed by atoms with Crippen molar-refractivity contribution in [3.63, 3.8) is 0 Å². The van der Waals surface area contributed by atoms with Gasteiger partial charge in [-0.2, -0.15) is 9.78 Å².